The topological polar surface area (TPSA) is 142 Å². The van der Waals surface area contributed by atoms with Gasteiger partial charge in [-0.2, -0.15) is 4.98 Å². The second kappa shape index (κ2) is 8.84. The highest BCUT2D eigenvalue weighted by atomic mass is 19.1. The number of hydrogen-bond donors (Lipinski definition) is 4. The minimum absolute atomic E-state index is 0.0122. The van der Waals surface area contributed by atoms with Crippen molar-refractivity contribution in [3.8, 4) is 34.6 Å². The molecule has 5 rings (SSSR count). The van der Waals surface area contributed by atoms with E-state index < -0.39 is 11.5 Å². The van der Waals surface area contributed by atoms with Gasteiger partial charge in [-0.25, -0.2) is 13.8 Å². The van der Waals surface area contributed by atoms with Gasteiger partial charge in [0.05, 0.1) is 16.9 Å². The molecule has 10 nitrogen and oxygen atoms in total. The molecule has 1 radical (unpaired) electrons. The predicted molar refractivity (Wildman–Crippen MR) is 129 cm³/mol. The molecule has 0 saturated heterocycles. The number of phenols is 2. The van der Waals surface area contributed by atoms with Gasteiger partial charge in [0, 0.05) is 36.1 Å². The van der Waals surface area contributed by atoms with Crippen molar-refractivity contribution in [1.29, 1.82) is 0 Å². The second-order valence-electron chi connectivity index (χ2n) is 8.69. The molecule has 0 aliphatic rings. The smallest absolute Gasteiger partial charge is 0.345 e. The Morgan fingerprint density at radius 2 is 1.89 bits per heavy atom. The van der Waals surface area contributed by atoms with Crippen LogP contribution in [0.5, 0.6) is 17.5 Å². The number of aryl methyl sites for hydroxylation is 2. The molecule has 0 spiro atoms. The molecular formula is C25H22FN6O4. The second-order valence-corrected chi connectivity index (χ2v) is 8.69. The van der Waals surface area contributed by atoms with Gasteiger partial charge in [-0.1, -0.05) is 18.9 Å². The highest BCUT2D eigenvalue weighted by Crippen LogP contribution is 2.39. The lowest BCUT2D eigenvalue weighted by molar-refractivity contribution is 0.420. The number of nitrogens with one attached hydrogen (secondary N) is 1. The normalized spacial score (nSPS) is 11.6. The van der Waals surface area contributed by atoms with E-state index in [1.54, 1.807) is 12.1 Å². The van der Waals surface area contributed by atoms with Gasteiger partial charge in [0.15, 0.2) is 11.6 Å². The first-order chi connectivity index (χ1) is 17.2. The van der Waals surface area contributed by atoms with E-state index in [0.29, 0.717) is 23.4 Å². The molecule has 0 unspecified atom stereocenters. The molecule has 0 aliphatic carbocycles. The summed E-state index contributed by atoms with van der Waals surface area (Å²) in [6, 6.07) is 9.80. The lowest BCUT2D eigenvalue weighted by Gasteiger charge is -2.14. The first-order valence-electron chi connectivity index (χ1n) is 11.2. The van der Waals surface area contributed by atoms with Crippen LogP contribution in [0.4, 0.5) is 4.39 Å². The van der Waals surface area contributed by atoms with Gasteiger partial charge in [-0.3, -0.25) is 0 Å². The number of nitrogens with zero attached hydrogens (tertiary/aromatic N) is 5. The predicted octanol–water partition coefficient (Wildman–Crippen LogP) is 3.39. The molecule has 36 heavy (non-hydrogen) atoms. The molecule has 0 fully saturated rings. The Bertz CT molecular complexity index is 1650. The quantitative estimate of drug-likeness (QED) is 0.286. The Morgan fingerprint density at radius 3 is 2.67 bits per heavy atom. The van der Waals surface area contributed by atoms with Crippen molar-refractivity contribution in [1.82, 2.24) is 29.3 Å². The van der Waals surface area contributed by atoms with E-state index in [1.807, 2.05) is 42.8 Å². The van der Waals surface area contributed by atoms with E-state index in [1.165, 1.54) is 10.6 Å². The maximum Gasteiger partial charge on any atom is 0.345 e. The van der Waals surface area contributed by atoms with E-state index in [4.69, 9.17) is 0 Å². The van der Waals surface area contributed by atoms with Crippen molar-refractivity contribution in [3.63, 3.8) is 0 Å². The fourth-order valence-corrected chi connectivity index (χ4v) is 4.23. The number of benzene rings is 2. The molecular weight excluding hydrogens is 467 g/mol. The minimum Gasteiger partial charge on any atom is -0.508 e. The first-order valence-corrected chi connectivity index (χ1v) is 11.2. The summed E-state index contributed by atoms with van der Waals surface area (Å²) < 4.78 is 17.2. The lowest BCUT2D eigenvalue weighted by Crippen LogP contribution is -2.15. The van der Waals surface area contributed by atoms with Gasteiger partial charge in [0.2, 0.25) is 0 Å². The largest absolute Gasteiger partial charge is 0.508 e. The van der Waals surface area contributed by atoms with Gasteiger partial charge >= 0.3 is 11.7 Å². The number of halogens is 1. The Labute approximate surface area is 204 Å². The average molecular weight is 489 g/mol. The zero-order valence-corrected chi connectivity index (χ0v) is 19.4. The SMILES string of the molecule is CC(C)c1cc(-c2nnc(O)n2-c2ccc3c(ccn3CCc3[nH]c(=O)n[c]c3F)c2)c(O)cc1O. The Morgan fingerprint density at radius 1 is 1.08 bits per heavy atom. The minimum atomic E-state index is -0.693. The van der Waals surface area contributed by atoms with Crippen LogP contribution in [0, 0.1) is 12.0 Å². The van der Waals surface area contributed by atoms with E-state index in [0.717, 1.165) is 10.9 Å². The highest BCUT2D eigenvalue weighted by Gasteiger charge is 2.21. The maximum absolute atomic E-state index is 13.9. The van der Waals surface area contributed by atoms with E-state index >= 15 is 0 Å². The van der Waals surface area contributed by atoms with E-state index in [-0.39, 0.29) is 41.4 Å². The fourth-order valence-electron chi connectivity index (χ4n) is 4.23. The summed E-state index contributed by atoms with van der Waals surface area (Å²) in [5, 5.41) is 39.9. The standard InChI is InChI=1S/C25H22FN6O4/c1-13(2)16-10-17(22(34)11-21(16)33)23-29-30-25(36)32(23)15-3-4-20-14(9-15)5-7-31(20)8-6-19-18(26)12-27-24(35)28-19/h3-5,7,9-11,13,33-34H,6,8H2,1-2H3,(H,30,36)(H,27,28,35). The number of H-pyrrole nitrogens is 1. The van der Waals surface area contributed by atoms with Crippen molar-refractivity contribution in [2.45, 2.75) is 32.7 Å². The van der Waals surface area contributed by atoms with Crippen molar-refractivity contribution in [2.75, 3.05) is 0 Å². The zero-order valence-electron chi connectivity index (χ0n) is 19.4. The third-order valence-electron chi connectivity index (χ3n) is 6.05. The summed E-state index contributed by atoms with van der Waals surface area (Å²) in [7, 11) is 0. The number of hydrogen-bond acceptors (Lipinski definition) is 7. The number of aromatic amines is 1. The molecule has 0 bridgehead atoms. The van der Waals surface area contributed by atoms with Gasteiger partial charge in [0.1, 0.15) is 17.7 Å². The monoisotopic (exact) mass is 489 g/mol. The van der Waals surface area contributed by atoms with Gasteiger partial charge in [0.25, 0.3) is 0 Å². The fraction of sp³-hybridized carbons (Fsp3) is 0.200. The van der Waals surface area contributed by atoms with Crippen LogP contribution in [0.1, 0.15) is 31.0 Å². The van der Waals surface area contributed by atoms with Crippen LogP contribution in [0.2, 0.25) is 0 Å². The molecule has 0 saturated carbocycles. The number of fused-ring (bicyclic) bond motifs is 1. The van der Waals surface area contributed by atoms with Gasteiger partial charge in [-0.15, -0.1) is 5.10 Å². The van der Waals surface area contributed by atoms with Crippen molar-refractivity contribution in [3.05, 3.63) is 76.4 Å². The summed E-state index contributed by atoms with van der Waals surface area (Å²) >= 11 is 0. The average Bonchev–Trinajstić information content (AvgIpc) is 3.42. The summed E-state index contributed by atoms with van der Waals surface area (Å²) in [5.74, 6) is -0.725. The zero-order chi connectivity index (χ0) is 25.6. The molecule has 3 heterocycles. The van der Waals surface area contributed by atoms with E-state index in [9.17, 15) is 24.5 Å². The molecule has 0 atom stereocenters. The van der Waals surface area contributed by atoms with Crippen molar-refractivity contribution in [2.24, 2.45) is 0 Å². The Hall–Kier alpha value is -4.67. The first kappa shape index (κ1) is 23.1. The molecule has 11 heteroatoms. The molecule has 0 aliphatic heterocycles. The van der Waals surface area contributed by atoms with Gasteiger partial charge < -0.3 is 24.9 Å². The number of phenolic OH excluding ortho intramolecular Hbond substituents is 2. The summed E-state index contributed by atoms with van der Waals surface area (Å²) in [6.07, 6.45) is 4.13. The number of rotatable bonds is 6. The Kier molecular flexibility index (Phi) is 5.67. The summed E-state index contributed by atoms with van der Waals surface area (Å²) in [4.78, 5) is 17.0. The third kappa shape index (κ3) is 4.04. The summed E-state index contributed by atoms with van der Waals surface area (Å²) in [5.41, 5.74) is 1.81. The number of aromatic hydroxyl groups is 3. The van der Waals surface area contributed by atoms with Crippen molar-refractivity contribution >= 4 is 10.9 Å². The van der Waals surface area contributed by atoms with Crippen LogP contribution in [0.25, 0.3) is 28.0 Å². The molecule has 183 valence electrons. The van der Waals surface area contributed by atoms with Crippen LogP contribution >= 0.6 is 0 Å². The Balaban J connectivity index is 1.51. The molecule has 4 N–H and O–H groups in total. The van der Waals surface area contributed by atoms with Crippen LogP contribution in [-0.4, -0.2) is 44.6 Å². The molecule has 5 aromatic rings. The van der Waals surface area contributed by atoms with Crippen molar-refractivity contribution < 1.29 is 19.7 Å². The van der Waals surface area contributed by atoms with Gasteiger partial charge in [-0.05, 0) is 41.8 Å². The van der Waals surface area contributed by atoms with Crippen LogP contribution in [0.15, 0.2) is 47.4 Å². The molecule has 0 amide bonds. The highest BCUT2D eigenvalue weighted by molar-refractivity contribution is 5.83. The number of aromatic nitrogens is 6. The third-order valence-corrected chi connectivity index (χ3v) is 6.05. The van der Waals surface area contributed by atoms with Crippen LogP contribution in [0.3, 0.4) is 0 Å². The molecule has 2 aromatic carbocycles. The molecule has 3 aromatic heterocycles. The van der Waals surface area contributed by atoms with E-state index in [2.05, 4.69) is 26.4 Å². The van der Waals surface area contributed by atoms with Crippen LogP contribution < -0.4 is 5.69 Å². The summed E-state index contributed by atoms with van der Waals surface area (Å²) in [6.45, 7) is 4.22. The maximum atomic E-state index is 13.9. The van der Waals surface area contributed by atoms with Crippen LogP contribution in [-0.2, 0) is 13.0 Å². The lowest BCUT2D eigenvalue weighted by atomic mass is 9.98.